The Balaban J connectivity index is 1.86. The van der Waals surface area contributed by atoms with Crippen LogP contribution in [0, 0.1) is 0 Å². The van der Waals surface area contributed by atoms with Crippen LogP contribution in [0.2, 0.25) is 5.02 Å². The molecule has 0 radical (unpaired) electrons. The van der Waals surface area contributed by atoms with Gasteiger partial charge in [-0.15, -0.1) is 0 Å². The van der Waals surface area contributed by atoms with Gasteiger partial charge in [-0.25, -0.2) is 4.79 Å². The van der Waals surface area contributed by atoms with E-state index in [-0.39, 0.29) is 12.5 Å². The molecule has 1 N–H and O–H groups in total. The summed E-state index contributed by atoms with van der Waals surface area (Å²) in [6.45, 7) is 1.92. The van der Waals surface area contributed by atoms with E-state index < -0.39 is 5.97 Å². The number of amides is 1. The molecule has 0 fully saturated rings. The van der Waals surface area contributed by atoms with Crippen molar-refractivity contribution in [3.8, 4) is 5.75 Å². The van der Waals surface area contributed by atoms with E-state index in [0.717, 1.165) is 0 Å². The molecule has 0 aromatic heterocycles. The quantitative estimate of drug-likeness (QED) is 0.821. The summed E-state index contributed by atoms with van der Waals surface area (Å²) >= 11 is 5.83. The molecular weight excluding hydrogens is 318 g/mol. The van der Waals surface area contributed by atoms with Crippen molar-refractivity contribution in [2.45, 2.75) is 6.92 Å². The first-order valence-corrected chi connectivity index (χ1v) is 7.41. The third kappa shape index (κ3) is 5.30. The van der Waals surface area contributed by atoms with E-state index in [1.54, 1.807) is 55.5 Å². The van der Waals surface area contributed by atoms with E-state index in [4.69, 9.17) is 21.1 Å². The lowest BCUT2D eigenvalue weighted by Gasteiger charge is -2.08. The molecule has 0 heterocycles. The standard InChI is InChI=1S/C17H16ClNO4/c1-2-22-17(21)12-6-8-14(9-7-12)19-16(20)11-23-15-5-3-4-13(18)10-15/h3-10H,2,11H2,1H3,(H,19,20). The monoisotopic (exact) mass is 333 g/mol. The molecule has 23 heavy (non-hydrogen) atoms. The van der Waals surface area contributed by atoms with Gasteiger partial charge in [0, 0.05) is 10.7 Å². The first-order valence-electron chi connectivity index (χ1n) is 7.04. The molecular formula is C17H16ClNO4. The number of carbonyl (C=O) groups excluding carboxylic acids is 2. The highest BCUT2D eigenvalue weighted by Crippen LogP contribution is 2.17. The number of halogens is 1. The number of hydrogen-bond donors (Lipinski definition) is 1. The van der Waals surface area contributed by atoms with Gasteiger partial charge in [-0.2, -0.15) is 0 Å². The highest BCUT2D eigenvalue weighted by molar-refractivity contribution is 6.30. The van der Waals surface area contributed by atoms with E-state index in [2.05, 4.69) is 5.32 Å². The topological polar surface area (TPSA) is 64.6 Å². The average Bonchev–Trinajstić information content (AvgIpc) is 2.54. The van der Waals surface area contributed by atoms with Crippen LogP contribution in [-0.4, -0.2) is 25.1 Å². The predicted molar refractivity (Wildman–Crippen MR) is 88.0 cm³/mol. The number of nitrogens with one attached hydrogen (secondary N) is 1. The van der Waals surface area contributed by atoms with Gasteiger partial charge in [-0.3, -0.25) is 4.79 Å². The third-order valence-corrected chi connectivity index (χ3v) is 3.08. The molecule has 1 amide bonds. The van der Waals surface area contributed by atoms with Crippen molar-refractivity contribution >= 4 is 29.2 Å². The van der Waals surface area contributed by atoms with Crippen LogP contribution in [0.15, 0.2) is 48.5 Å². The Morgan fingerprint density at radius 3 is 2.52 bits per heavy atom. The normalized spacial score (nSPS) is 10.0. The number of rotatable bonds is 6. The fourth-order valence-electron chi connectivity index (χ4n) is 1.81. The summed E-state index contributed by atoms with van der Waals surface area (Å²) < 4.78 is 10.2. The van der Waals surface area contributed by atoms with Crippen LogP contribution in [0.5, 0.6) is 5.75 Å². The van der Waals surface area contributed by atoms with Crippen LogP contribution >= 0.6 is 11.6 Å². The van der Waals surface area contributed by atoms with E-state index in [1.807, 2.05) is 0 Å². The third-order valence-electron chi connectivity index (χ3n) is 2.85. The van der Waals surface area contributed by atoms with Crippen LogP contribution in [0.25, 0.3) is 0 Å². The minimum atomic E-state index is -0.394. The molecule has 0 aliphatic carbocycles. The maximum atomic E-state index is 11.8. The van der Waals surface area contributed by atoms with Crippen molar-refractivity contribution in [3.05, 3.63) is 59.1 Å². The average molecular weight is 334 g/mol. The number of anilines is 1. The van der Waals surface area contributed by atoms with Crippen molar-refractivity contribution in [1.82, 2.24) is 0 Å². The lowest BCUT2D eigenvalue weighted by atomic mass is 10.2. The van der Waals surface area contributed by atoms with Gasteiger partial charge in [-0.05, 0) is 49.4 Å². The van der Waals surface area contributed by atoms with Crippen LogP contribution in [0.1, 0.15) is 17.3 Å². The summed E-state index contributed by atoms with van der Waals surface area (Å²) in [7, 11) is 0. The lowest BCUT2D eigenvalue weighted by Crippen LogP contribution is -2.20. The second kappa shape index (κ2) is 8.19. The molecule has 120 valence electrons. The van der Waals surface area contributed by atoms with Crippen molar-refractivity contribution in [2.24, 2.45) is 0 Å². The summed E-state index contributed by atoms with van der Waals surface area (Å²) in [4.78, 5) is 23.4. The summed E-state index contributed by atoms with van der Waals surface area (Å²) in [5, 5.41) is 3.22. The number of benzene rings is 2. The van der Waals surface area contributed by atoms with Gasteiger partial charge in [0.15, 0.2) is 6.61 Å². The SMILES string of the molecule is CCOC(=O)c1ccc(NC(=O)COc2cccc(Cl)c2)cc1. The highest BCUT2D eigenvalue weighted by atomic mass is 35.5. The molecule has 6 heteroatoms. The van der Waals surface area contributed by atoms with Gasteiger partial charge in [0.05, 0.1) is 12.2 Å². The highest BCUT2D eigenvalue weighted by Gasteiger charge is 2.07. The Labute approximate surface area is 139 Å². The fourth-order valence-corrected chi connectivity index (χ4v) is 1.99. The predicted octanol–water partition coefficient (Wildman–Crippen LogP) is 3.53. The van der Waals surface area contributed by atoms with Crippen LogP contribution in [0.3, 0.4) is 0 Å². The number of ether oxygens (including phenoxy) is 2. The number of esters is 1. The molecule has 0 aliphatic rings. The summed E-state index contributed by atoms with van der Waals surface area (Å²) in [5.74, 6) is -0.186. The van der Waals surface area contributed by atoms with Gasteiger partial charge in [-0.1, -0.05) is 17.7 Å². The molecule has 0 atom stereocenters. The first-order chi connectivity index (χ1) is 11.1. The molecule has 0 unspecified atom stereocenters. The fraction of sp³-hybridized carbons (Fsp3) is 0.176. The van der Waals surface area contributed by atoms with Gasteiger partial charge < -0.3 is 14.8 Å². The van der Waals surface area contributed by atoms with E-state index in [9.17, 15) is 9.59 Å². The Bertz CT molecular complexity index is 685. The molecule has 0 spiro atoms. The summed E-state index contributed by atoms with van der Waals surface area (Å²) in [6.07, 6.45) is 0. The Kier molecular flexibility index (Phi) is 6.00. The molecule has 0 aliphatic heterocycles. The maximum Gasteiger partial charge on any atom is 0.338 e. The second-order valence-corrected chi connectivity index (χ2v) is 5.03. The zero-order valence-corrected chi connectivity index (χ0v) is 13.3. The number of hydrogen-bond acceptors (Lipinski definition) is 4. The zero-order chi connectivity index (χ0) is 16.7. The first kappa shape index (κ1) is 16.8. The molecule has 0 bridgehead atoms. The molecule has 2 rings (SSSR count). The molecule has 0 saturated carbocycles. The van der Waals surface area contributed by atoms with Gasteiger partial charge in [0.2, 0.25) is 0 Å². The van der Waals surface area contributed by atoms with Gasteiger partial charge in [0.1, 0.15) is 5.75 Å². The van der Waals surface area contributed by atoms with Crippen molar-refractivity contribution in [2.75, 3.05) is 18.5 Å². The van der Waals surface area contributed by atoms with Crippen LogP contribution < -0.4 is 10.1 Å². The Morgan fingerprint density at radius 1 is 1.13 bits per heavy atom. The summed E-state index contributed by atoms with van der Waals surface area (Å²) in [6, 6.07) is 13.2. The minimum absolute atomic E-state index is 0.139. The molecule has 2 aromatic carbocycles. The minimum Gasteiger partial charge on any atom is -0.484 e. The molecule has 0 saturated heterocycles. The van der Waals surface area contributed by atoms with Gasteiger partial charge >= 0.3 is 5.97 Å². The van der Waals surface area contributed by atoms with Crippen molar-refractivity contribution < 1.29 is 19.1 Å². The van der Waals surface area contributed by atoms with Crippen molar-refractivity contribution in [1.29, 1.82) is 0 Å². The molecule has 2 aromatic rings. The van der Waals surface area contributed by atoms with Crippen LogP contribution in [-0.2, 0) is 9.53 Å². The number of carbonyl (C=O) groups is 2. The van der Waals surface area contributed by atoms with Gasteiger partial charge in [0.25, 0.3) is 5.91 Å². The van der Waals surface area contributed by atoms with Crippen molar-refractivity contribution in [3.63, 3.8) is 0 Å². The largest absolute Gasteiger partial charge is 0.484 e. The smallest absolute Gasteiger partial charge is 0.338 e. The lowest BCUT2D eigenvalue weighted by molar-refractivity contribution is -0.118. The zero-order valence-electron chi connectivity index (χ0n) is 12.5. The maximum absolute atomic E-state index is 11.8. The van der Waals surface area contributed by atoms with E-state index in [1.165, 1.54) is 0 Å². The van der Waals surface area contributed by atoms with Crippen LogP contribution in [0.4, 0.5) is 5.69 Å². The molecule has 5 nitrogen and oxygen atoms in total. The second-order valence-electron chi connectivity index (χ2n) is 4.59. The van der Waals surface area contributed by atoms with E-state index in [0.29, 0.717) is 28.6 Å². The van der Waals surface area contributed by atoms with E-state index >= 15 is 0 Å². The Hall–Kier alpha value is -2.53. The Morgan fingerprint density at radius 2 is 1.87 bits per heavy atom. The summed E-state index contributed by atoms with van der Waals surface area (Å²) in [5.41, 5.74) is 0.998.